The first-order chi connectivity index (χ1) is 16.5. The zero-order chi connectivity index (χ0) is 23.9. The van der Waals surface area contributed by atoms with Crippen LogP contribution in [0.1, 0.15) is 28.4 Å². The zero-order valence-corrected chi connectivity index (χ0v) is 19.5. The van der Waals surface area contributed by atoms with Crippen LogP contribution in [0, 0.1) is 0 Å². The minimum atomic E-state index is -0.751. The second-order valence-electron chi connectivity index (χ2n) is 8.22. The van der Waals surface area contributed by atoms with Gasteiger partial charge in [-0.15, -0.1) is 0 Å². The molecule has 0 fully saturated rings. The number of anilines is 1. The van der Waals surface area contributed by atoms with Crippen molar-refractivity contribution >= 4 is 23.7 Å². The molecule has 8 heteroatoms. The summed E-state index contributed by atoms with van der Waals surface area (Å²) in [7, 11) is 0. The van der Waals surface area contributed by atoms with E-state index in [4.69, 9.17) is 0 Å². The standard InChI is InChI=1S/C26H29N3O4S/c30-16-24-29-25-22(32)9-8-20(26(25)34-24)23(33)15-27-11-10-17-4-3-5-18(12-17)13-28-14-19-6-1-2-7-21(19)31/h1-9,12,16,23-24,27-29,31-33H,10-11,13-15H2. The first-order valence-electron chi connectivity index (χ1n) is 11.2. The molecule has 4 rings (SSSR count). The topological polar surface area (TPSA) is 114 Å². The molecule has 0 saturated carbocycles. The summed E-state index contributed by atoms with van der Waals surface area (Å²) in [5.41, 5.74) is 4.44. The molecular formula is C26H29N3O4S. The summed E-state index contributed by atoms with van der Waals surface area (Å²) in [4.78, 5) is 11.8. The van der Waals surface area contributed by atoms with Crippen LogP contribution in [-0.4, -0.2) is 40.1 Å². The summed E-state index contributed by atoms with van der Waals surface area (Å²) in [6.45, 7) is 2.37. The predicted molar refractivity (Wildman–Crippen MR) is 134 cm³/mol. The summed E-state index contributed by atoms with van der Waals surface area (Å²) in [5.74, 6) is 0.374. The van der Waals surface area contributed by atoms with Crippen LogP contribution in [0.25, 0.3) is 0 Å². The lowest BCUT2D eigenvalue weighted by Crippen LogP contribution is -2.24. The zero-order valence-electron chi connectivity index (χ0n) is 18.7. The second kappa shape index (κ2) is 11.4. The number of thioether (sulfide) groups is 1. The van der Waals surface area contributed by atoms with Crippen molar-refractivity contribution in [3.05, 3.63) is 82.9 Å². The molecule has 1 aliphatic heterocycles. The van der Waals surface area contributed by atoms with Gasteiger partial charge in [0.2, 0.25) is 0 Å². The Hall–Kier alpha value is -3.04. The van der Waals surface area contributed by atoms with Crippen molar-refractivity contribution in [3.8, 4) is 11.5 Å². The minimum absolute atomic E-state index is 0.0747. The Morgan fingerprint density at radius 2 is 1.79 bits per heavy atom. The number of phenolic OH excluding ortho intramolecular Hbond substituents is 2. The van der Waals surface area contributed by atoms with Crippen molar-refractivity contribution in [3.63, 3.8) is 0 Å². The summed E-state index contributed by atoms with van der Waals surface area (Å²) < 4.78 is 0. The number of aromatic hydroxyl groups is 2. The number of hydrogen-bond acceptors (Lipinski definition) is 8. The maximum atomic E-state index is 11.1. The number of fused-ring (bicyclic) bond motifs is 1. The molecule has 0 aliphatic carbocycles. The fourth-order valence-corrected chi connectivity index (χ4v) is 5.06. The number of hydrogen-bond donors (Lipinski definition) is 6. The fourth-order valence-electron chi connectivity index (χ4n) is 3.96. The first kappa shape index (κ1) is 24.1. The average molecular weight is 480 g/mol. The Morgan fingerprint density at radius 3 is 2.62 bits per heavy atom. The van der Waals surface area contributed by atoms with Gasteiger partial charge in [-0.1, -0.05) is 60.3 Å². The lowest BCUT2D eigenvalue weighted by Gasteiger charge is -2.16. The SMILES string of the molecule is O=CC1Nc2c(O)ccc(C(O)CNCCc3cccc(CNCc4ccccc4O)c3)c2S1. The molecule has 0 bridgehead atoms. The maximum Gasteiger partial charge on any atom is 0.152 e. The summed E-state index contributed by atoms with van der Waals surface area (Å²) >= 11 is 1.30. The molecule has 0 amide bonds. The normalized spacial score (nSPS) is 15.5. The van der Waals surface area contributed by atoms with Crippen LogP contribution in [0.4, 0.5) is 5.69 Å². The van der Waals surface area contributed by atoms with E-state index in [9.17, 15) is 20.1 Å². The lowest BCUT2D eigenvalue weighted by molar-refractivity contribution is -0.107. The number of nitrogens with one attached hydrogen (secondary N) is 3. The summed E-state index contributed by atoms with van der Waals surface area (Å²) in [6, 6.07) is 18.9. The van der Waals surface area contributed by atoms with Gasteiger partial charge in [0, 0.05) is 30.1 Å². The van der Waals surface area contributed by atoms with Crippen LogP contribution in [0.3, 0.4) is 0 Å². The molecule has 3 aromatic carbocycles. The van der Waals surface area contributed by atoms with Gasteiger partial charge in [-0.25, -0.2) is 0 Å². The number of carbonyl (C=O) groups is 1. The highest BCUT2D eigenvalue weighted by Gasteiger charge is 2.28. The van der Waals surface area contributed by atoms with Gasteiger partial charge in [0.25, 0.3) is 0 Å². The van der Waals surface area contributed by atoms with Crippen molar-refractivity contribution < 1.29 is 20.1 Å². The van der Waals surface area contributed by atoms with Crippen molar-refractivity contribution in [2.75, 3.05) is 18.4 Å². The second-order valence-corrected chi connectivity index (χ2v) is 9.37. The van der Waals surface area contributed by atoms with Crippen molar-refractivity contribution in [2.24, 2.45) is 0 Å². The predicted octanol–water partition coefficient (Wildman–Crippen LogP) is 3.30. The Labute approximate surface area is 203 Å². The average Bonchev–Trinajstić information content (AvgIpc) is 3.29. The van der Waals surface area contributed by atoms with E-state index in [0.717, 1.165) is 23.2 Å². The number of aldehydes is 1. The highest BCUT2D eigenvalue weighted by atomic mass is 32.2. The molecule has 1 aliphatic rings. The van der Waals surface area contributed by atoms with Crippen LogP contribution < -0.4 is 16.0 Å². The molecule has 0 aromatic heterocycles. The Balaban J connectivity index is 1.24. The van der Waals surface area contributed by atoms with Gasteiger partial charge >= 0.3 is 0 Å². The van der Waals surface area contributed by atoms with Crippen molar-refractivity contribution in [1.29, 1.82) is 0 Å². The highest BCUT2D eigenvalue weighted by Crippen LogP contribution is 2.46. The van der Waals surface area contributed by atoms with E-state index in [1.165, 1.54) is 29.0 Å². The van der Waals surface area contributed by atoms with Crippen LogP contribution in [0.2, 0.25) is 0 Å². The van der Waals surface area contributed by atoms with Gasteiger partial charge in [-0.3, -0.25) is 0 Å². The van der Waals surface area contributed by atoms with E-state index >= 15 is 0 Å². The fraction of sp³-hybridized carbons (Fsp3) is 0.269. The van der Waals surface area contributed by atoms with Crippen LogP contribution in [-0.2, 0) is 24.3 Å². The van der Waals surface area contributed by atoms with Gasteiger partial charge < -0.3 is 36.1 Å². The van der Waals surface area contributed by atoms with Crippen molar-refractivity contribution in [1.82, 2.24) is 10.6 Å². The number of phenols is 2. The largest absolute Gasteiger partial charge is 0.508 e. The first-order valence-corrected chi connectivity index (χ1v) is 12.1. The molecule has 0 radical (unpaired) electrons. The Morgan fingerprint density at radius 1 is 0.971 bits per heavy atom. The minimum Gasteiger partial charge on any atom is -0.508 e. The van der Waals surface area contributed by atoms with E-state index in [0.29, 0.717) is 43.2 Å². The van der Waals surface area contributed by atoms with Crippen LogP contribution in [0.5, 0.6) is 11.5 Å². The summed E-state index contributed by atoms with van der Waals surface area (Å²) in [6.07, 6.45) is 0.851. The third-order valence-corrected chi connectivity index (χ3v) is 6.89. The lowest BCUT2D eigenvalue weighted by atomic mass is 10.1. The molecule has 1 heterocycles. The van der Waals surface area contributed by atoms with E-state index in [1.807, 2.05) is 24.3 Å². The van der Waals surface area contributed by atoms with Crippen molar-refractivity contribution in [2.45, 2.75) is 35.9 Å². The number of aliphatic hydroxyl groups excluding tert-OH is 1. The van der Waals surface area contributed by atoms with E-state index in [1.54, 1.807) is 12.1 Å². The molecule has 2 unspecified atom stereocenters. The molecule has 6 N–H and O–H groups in total. The van der Waals surface area contributed by atoms with Gasteiger partial charge in [-0.2, -0.15) is 0 Å². The molecule has 178 valence electrons. The Kier molecular flexibility index (Phi) is 8.08. The third-order valence-electron chi connectivity index (χ3n) is 5.74. The van der Waals surface area contributed by atoms with Gasteiger partial charge in [0.1, 0.15) is 16.9 Å². The number of rotatable bonds is 11. The van der Waals surface area contributed by atoms with E-state index < -0.39 is 11.5 Å². The number of carbonyl (C=O) groups excluding carboxylic acids is 1. The quantitative estimate of drug-likeness (QED) is 0.141. The van der Waals surface area contributed by atoms with E-state index in [2.05, 4.69) is 34.1 Å². The molecule has 2 atom stereocenters. The van der Waals surface area contributed by atoms with E-state index in [-0.39, 0.29) is 5.75 Å². The van der Waals surface area contributed by atoms with Gasteiger partial charge in [0.15, 0.2) is 6.29 Å². The number of aliphatic hydroxyl groups is 1. The number of para-hydroxylation sites is 1. The maximum absolute atomic E-state index is 11.1. The molecule has 0 spiro atoms. The molecular weight excluding hydrogens is 450 g/mol. The molecule has 34 heavy (non-hydrogen) atoms. The van der Waals surface area contributed by atoms with Crippen LogP contribution in [0.15, 0.2) is 65.6 Å². The Bertz CT molecular complexity index is 1140. The van der Waals surface area contributed by atoms with Gasteiger partial charge in [0.05, 0.1) is 11.8 Å². The monoisotopic (exact) mass is 479 g/mol. The summed E-state index contributed by atoms with van der Waals surface area (Å²) in [5, 5.41) is 39.8. The number of benzene rings is 3. The van der Waals surface area contributed by atoms with Crippen LogP contribution >= 0.6 is 11.8 Å². The smallest absolute Gasteiger partial charge is 0.152 e. The molecule has 7 nitrogen and oxygen atoms in total. The van der Waals surface area contributed by atoms with Gasteiger partial charge in [-0.05, 0) is 41.8 Å². The highest BCUT2D eigenvalue weighted by molar-refractivity contribution is 8.01. The third kappa shape index (κ3) is 5.90. The molecule has 3 aromatic rings. The molecule has 0 saturated heterocycles.